The van der Waals surface area contributed by atoms with Gasteiger partial charge in [-0.15, -0.1) is 0 Å². The third-order valence-electron chi connectivity index (χ3n) is 6.73. The number of fused-ring (bicyclic) bond motifs is 1. The van der Waals surface area contributed by atoms with Crippen LogP contribution in [0.15, 0.2) is 54.6 Å². The second kappa shape index (κ2) is 9.55. The number of carbonyl (C=O) groups excluding carboxylic acids is 3. The SMILES string of the molecule is CC1(C(=O)NCCCC(=O)N2CCc3ccccc3C2)CCCN1C(=O)c1ccccc1. The molecule has 0 aromatic heterocycles. The van der Waals surface area contributed by atoms with Crippen LogP contribution in [-0.4, -0.2) is 52.7 Å². The van der Waals surface area contributed by atoms with Gasteiger partial charge in [0.15, 0.2) is 0 Å². The second-order valence-electron chi connectivity index (χ2n) is 8.89. The lowest BCUT2D eigenvalue weighted by molar-refractivity contribution is -0.133. The first-order valence-electron chi connectivity index (χ1n) is 11.5. The average Bonchev–Trinajstić information content (AvgIpc) is 3.24. The number of carbonyl (C=O) groups is 3. The summed E-state index contributed by atoms with van der Waals surface area (Å²) >= 11 is 0. The van der Waals surface area contributed by atoms with Crippen LogP contribution in [0.25, 0.3) is 0 Å². The van der Waals surface area contributed by atoms with Gasteiger partial charge in [-0.05, 0) is 55.9 Å². The standard InChI is InChI=1S/C26H31N3O3/c1-26(15-8-17-29(26)24(31)21-10-3-2-4-11-21)25(32)27-16-7-13-23(30)28-18-14-20-9-5-6-12-22(20)19-28/h2-6,9-12H,7-8,13-19H2,1H3,(H,27,32). The number of amides is 3. The molecule has 4 rings (SSSR count). The normalized spacial score (nSPS) is 20.0. The van der Waals surface area contributed by atoms with Gasteiger partial charge >= 0.3 is 0 Å². The molecule has 0 aliphatic carbocycles. The van der Waals surface area contributed by atoms with Gasteiger partial charge in [0, 0.05) is 38.2 Å². The molecule has 1 saturated heterocycles. The predicted molar refractivity (Wildman–Crippen MR) is 123 cm³/mol. The summed E-state index contributed by atoms with van der Waals surface area (Å²) in [5.74, 6) is -0.123. The third-order valence-corrected chi connectivity index (χ3v) is 6.73. The Morgan fingerprint density at radius 1 is 0.969 bits per heavy atom. The lowest BCUT2D eigenvalue weighted by Crippen LogP contribution is -2.55. The summed E-state index contributed by atoms with van der Waals surface area (Å²) in [4.78, 5) is 42.2. The molecule has 0 radical (unpaired) electrons. The van der Waals surface area contributed by atoms with E-state index in [0.717, 1.165) is 19.4 Å². The maximum absolute atomic E-state index is 13.0. The number of hydrogen-bond acceptors (Lipinski definition) is 3. The summed E-state index contributed by atoms with van der Waals surface area (Å²) in [6.45, 7) is 4.25. The van der Waals surface area contributed by atoms with Gasteiger partial charge in [-0.1, -0.05) is 42.5 Å². The second-order valence-corrected chi connectivity index (χ2v) is 8.89. The van der Waals surface area contributed by atoms with E-state index < -0.39 is 5.54 Å². The molecule has 3 amide bonds. The molecule has 0 spiro atoms. The van der Waals surface area contributed by atoms with E-state index in [1.54, 1.807) is 17.0 Å². The highest BCUT2D eigenvalue weighted by Gasteiger charge is 2.45. The largest absolute Gasteiger partial charge is 0.354 e. The Balaban J connectivity index is 1.26. The first kappa shape index (κ1) is 22.1. The van der Waals surface area contributed by atoms with Crippen LogP contribution in [0.1, 0.15) is 54.1 Å². The Hall–Kier alpha value is -3.15. The molecule has 2 aliphatic rings. The molecular weight excluding hydrogens is 402 g/mol. The van der Waals surface area contributed by atoms with Crippen molar-refractivity contribution in [3.63, 3.8) is 0 Å². The lowest BCUT2D eigenvalue weighted by Gasteiger charge is -2.34. The number of benzene rings is 2. The number of nitrogens with one attached hydrogen (secondary N) is 1. The van der Waals surface area contributed by atoms with Gasteiger partial charge in [0.25, 0.3) is 5.91 Å². The topological polar surface area (TPSA) is 69.7 Å². The van der Waals surface area contributed by atoms with E-state index in [2.05, 4.69) is 17.4 Å². The van der Waals surface area contributed by atoms with Crippen molar-refractivity contribution in [2.24, 2.45) is 0 Å². The van der Waals surface area contributed by atoms with Crippen LogP contribution >= 0.6 is 0 Å². The molecule has 168 valence electrons. The molecule has 1 N–H and O–H groups in total. The van der Waals surface area contributed by atoms with E-state index in [0.29, 0.717) is 44.5 Å². The Labute approximate surface area is 189 Å². The zero-order chi connectivity index (χ0) is 22.6. The summed E-state index contributed by atoms with van der Waals surface area (Å²) in [6, 6.07) is 17.4. The van der Waals surface area contributed by atoms with E-state index in [-0.39, 0.29) is 17.7 Å². The summed E-state index contributed by atoms with van der Waals surface area (Å²) in [5.41, 5.74) is 2.29. The van der Waals surface area contributed by atoms with Gasteiger partial charge in [0.1, 0.15) is 5.54 Å². The lowest BCUT2D eigenvalue weighted by atomic mass is 9.96. The van der Waals surface area contributed by atoms with Crippen LogP contribution in [0, 0.1) is 0 Å². The van der Waals surface area contributed by atoms with Crippen LogP contribution in [0.2, 0.25) is 0 Å². The maximum Gasteiger partial charge on any atom is 0.254 e. The van der Waals surface area contributed by atoms with Crippen molar-refractivity contribution in [3.8, 4) is 0 Å². The van der Waals surface area contributed by atoms with E-state index >= 15 is 0 Å². The van der Waals surface area contributed by atoms with E-state index in [1.165, 1.54) is 11.1 Å². The molecule has 1 atom stereocenters. The fourth-order valence-corrected chi connectivity index (χ4v) is 4.76. The van der Waals surface area contributed by atoms with Crippen molar-refractivity contribution in [2.45, 2.75) is 51.1 Å². The zero-order valence-electron chi connectivity index (χ0n) is 18.7. The molecule has 0 bridgehead atoms. The van der Waals surface area contributed by atoms with Crippen molar-refractivity contribution in [2.75, 3.05) is 19.6 Å². The minimum Gasteiger partial charge on any atom is -0.354 e. The first-order chi connectivity index (χ1) is 15.5. The van der Waals surface area contributed by atoms with Gasteiger partial charge < -0.3 is 15.1 Å². The summed E-state index contributed by atoms with van der Waals surface area (Å²) < 4.78 is 0. The van der Waals surface area contributed by atoms with Crippen molar-refractivity contribution in [1.82, 2.24) is 15.1 Å². The molecule has 6 heteroatoms. The highest BCUT2D eigenvalue weighted by Crippen LogP contribution is 2.31. The van der Waals surface area contributed by atoms with Crippen molar-refractivity contribution in [3.05, 3.63) is 71.3 Å². The van der Waals surface area contributed by atoms with Crippen molar-refractivity contribution < 1.29 is 14.4 Å². The predicted octanol–water partition coefficient (Wildman–Crippen LogP) is 3.16. The molecular formula is C26H31N3O3. The number of rotatable bonds is 6. The average molecular weight is 434 g/mol. The Bertz CT molecular complexity index is 991. The highest BCUT2D eigenvalue weighted by atomic mass is 16.2. The Kier molecular flexibility index (Phi) is 6.58. The van der Waals surface area contributed by atoms with Crippen LogP contribution in [-0.2, 0) is 22.6 Å². The highest BCUT2D eigenvalue weighted by molar-refractivity contribution is 5.99. The molecule has 1 unspecified atom stereocenters. The molecule has 2 aromatic carbocycles. The molecule has 2 heterocycles. The summed E-state index contributed by atoms with van der Waals surface area (Å²) in [7, 11) is 0. The monoisotopic (exact) mass is 433 g/mol. The van der Waals surface area contributed by atoms with E-state index in [1.807, 2.05) is 42.2 Å². The van der Waals surface area contributed by atoms with Crippen LogP contribution < -0.4 is 5.32 Å². The van der Waals surface area contributed by atoms with Gasteiger partial charge in [-0.25, -0.2) is 0 Å². The zero-order valence-corrected chi connectivity index (χ0v) is 18.7. The number of hydrogen-bond donors (Lipinski definition) is 1. The molecule has 32 heavy (non-hydrogen) atoms. The van der Waals surface area contributed by atoms with Crippen LogP contribution in [0.4, 0.5) is 0 Å². The fourth-order valence-electron chi connectivity index (χ4n) is 4.76. The van der Waals surface area contributed by atoms with Crippen molar-refractivity contribution >= 4 is 17.7 Å². The maximum atomic E-state index is 13.0. The number of nitrogens with zero attached hydrogens (tertiary/aromatic N) is 2. The smallest absolute Gasteiger partial charge is 0.254 e. The van der Waals surface area contributed by atoms with Crippen molar-refractivity contribution in [1.29, 1.82) is 0 Å². The van der Waals surface area contributed by atoms with E-state index in [9.17, 15) is 14.4 Å². The Morgan fingerprint density at radius 2 is 1.69 bits per heavy atom. The molecule has 6 nitrogen and oxygen atoms in total. The summed E-state index contributed by atoms with van der Waals surface area (Å²) in [6.07, 6.45) is 3.33. The minimum absolute atomic E-state index is 0.110. The van der Waals surface area contributed by atoms with Gasteiger partial charge in [0.2, 0.25) is 11.8 Å². The molecule has 0 saturated carbocycles. The molecule has 2 aromatic rings. The van der Waals surface area contributed by atoms with Crippen LogP contribution in [0.3, 0.4) is 0 Å². The van der Waals surface area contributed by atoms with Gasteiger partial charge in [0.05, 0.1) is 0 Å². The Morgan fingerprint density at radius 3 is 2.47 bits per heavy atom. The third kappa shape index (κ3) is 4.54. The minimum atomic E-state index is -0.854. The van der Waals surface area contributed by atoms with Gasteiger partial charge in [-0.2, -0.15) is 0 Å². The van der Waals surface area contributed by atoms with Crippen LogP contribution in [0.5, 0.6) is 0 Å². The quantitative estimate of drug-likeness (QED) is 0.712. The first-order valence-corrected chi connectivity index (χ1v) is 11.5. The summed E-state index contributed by atoms with van der Waals surface area (Å²) in [5, 5.41) is 2.97. The molecule has 2 aliphatic heterocycles. The van der Waals surface area contributed by atoms with Gasteiger partial charge in [-0.3, -0.25) is 14.4 Å². The molecule has 1 fully saturated rings. The fraction of sp³-hybridized carbons (Fsp3) is 0.423. The number of likely N-dealkylation sites (tertiary alicyclic amines) is 1. The van der Waals surface area contributed by atoms with E-state index in [4.69, 9.17) is 0 Å².